The van der Waals surface area contributed by atoms with E-state index >= 15 is 0 Å². The van der Waals surface area contributed by atoms with Crippen molar-refractivity contribution >= 4 is 36.6 Å². The van der Waals surface area contributed by atoms with E-state index < -0.39 is 25.2 Å². The topological polar surface area (TPSA) is 142 Å². The van der Waals surface area contributed by atoms with Crippen LogP contribution in [0.3, 0.4) is 0 Å². The second-order valence-electron chi connectivity index (χ2n) is 19.2. The van der Waals surface area contributed by atoms with Crippen LogP contribution in [0.1, 0.15) is 152 Å². The van der Waals surface area contributed by atoms with Crippen LogP contribution < -0.4 is 0 Å². The van der Waals surface area contributed by atoms with Crippen LogP contribution in [-0.4, -0.2) is 97.1 Å². The lowest BCUT2D eigenvalue weighted by Crippen LogP contribution is -2.33. The average Bonchev–Trinajstić information content (AvgIpc) is 3.23. The predicted molar refractivity (Wildman–Crippen MR) is 274 cm³/mol. The highest BCUT2D eigenvalue weighted by molar-refractivity contribution is 7.59. The molecule has 0 N–H and O–H groups in total. The fourth-order valence-electron chi connectivity index (χ4n) is 7.82. The van der Waals surface area contributed by atoms with Crippen LogP contribution in [0.4, 0.5) is 0 Å². The molecule has 376 valence electrons. The van der Waals surface area contributed by atoms with Crippen molar-refractivity contribution < 1.29 is 57.1 Å². The Balaban J connectivity index is 0.000000296. The summed E-state index contributed by atoms with van der Waals surface area (Å²) in [5, 5.41) is 0. The van der Waals surface area contributed by atoms with E-state index in [1.165, 1.54) is 0 Å². The van der Waals surface area contributed by atoms with Crippen molar-refractivity contribution in [3.63, 3.8) is 0 Å². The monoisotopic (exact) mass is 970 g/mol. The van der Waals surface area contributed by atoms with Crippen LogP contribution in [0.25, 0.3) is 44.5 Å². The number of Topliss-reactive ketones (excluding diaryl/α,β-unsaturated/α-hetero) is 4. The average molecular weight is 971 g/mol. The Morgan fingerprint density at radius 1 is 0.304 bits per heavy atom. The van der Waals surface area contributed by atoms with E-state index in [4.69, 9.17) is 37.9 Å². The zero-order chi connectivity index (χ0) is 50.3. The molecule has 0 aromatic heterocycles. The highest BCUT2D eigenvalue weighted by atomic mass is 32.1. The Morgan fingerprint density at radius 2 is 0.551 bits per heavy atom. The fourth-order valence-corrected chi connectivity index (χ4v) is 7.82. The number of ketones is 4. The van der Waals surface area contributed by atoms with E-state index in [-0.39, 0.29) is 85.5 Å². The van der Waals surface area contributed by atoms with Crippen LogP contribution in [-0.2, 0) is 37.9 Å². The summed E-state index contributed by atoms with van der Waals surface area (Å²) in [5.74, 6) is -0.949. The number of carbonyl (C=O) groups excluding carboxylic acids is 4. The molecule has 12 nitrogen and oxygen atoms in total. The number of benzene rings is 4. The first-order chi connectivity index (χ1) is 32.0. The van der Waals surface area contributed by atoms with E-state index in [1.807, 2.05) is 159 Å². The maximum Gasteiger partial charge on any atom is 0.223 e. The third kappa shape index (κ3) is 14.4. The first-order valence-corrected chi connectivity index (χ1v) is 23.9. The van der Waals surface area contributed by atoms with Gasteiger partial charge in [-0.05, 0) is 156 Å². The summed E-state index contributed by atoms with van der Waals surface area (Å²) < 4.78 is 46.1. The van der Waals surface area contributed by atoms with E-state index in [1.54, 1.807) is 24.3 Å². The molecule has 0 aliphatic heterocycles. The number of rotatable bonds is 24. The zero-order valence-corrected chi connectivity index (χ0v) is 44.3. The van der Waals surface area contributed by atoms with Gasteiger partial charge in [0, 0.05) is 33.4 Å². The van der Waals surface area contributed by atoms with Crippen molar-refractivity contribution in [2.75, 3.05) is 0 Å². The molecule has 0 atom stereocenters. The molecule has 13 heteroatoms. The number of hydrogen-bond donors (Lipinski definition) is 0. The van der Waals surface area contributed by atoms with Gasteiger partial charge >= 0.3 is 0 Å². The Bertz CT molecular complexity index is 2210. The molecule has 6 rings (SSSR count). The minimum absolute atomic E-state index is 0. The maximum absolute atomic E-state index is 13.4. The number of carbonyl (C=O) groups is 4. The van der Waals surface area contributed by atoms with E-state index in [0.717, 1.165) is 44.5 Å². The SMILES string of the molecule is CC(C)OC(OC(C)C)C(=O)c1ccc2c(c1)-c1c(C(=O)C(OC(C)C)OC(C)C)cccc1-2.CC(C)OC(OC(C)C)C(=O)c1ccc2c(c1)-c1c(C(=O)C(OC(C)C)OC(C)C)cccc1-2.S. The zero-order valence-electron chi connectivity index (χ0n) is 43.3. The van der Waals surface area contributed by atoms with Crippen molar-refractivity contribution in [1.29, 1.82) is 0 Å². The molecular formula is C56H74O12S. The van der Waals surface area contributed by atoms with Gasteiger partial charge in [-0.15, -0.1) is 0 Å². The minimum atomic E-state index is -0.997. The molecule has 4 aromatic rings. The second kappa shape index (κ2) is 25.1. The highest BCUT2D eigenvalue weighted by Gasteiger charge is 2.36. The van der Waals surface area contributed by atoms with Gasteiger partial charge in [0.1, 0.15) is 0 Å². The second-order valence-corrected chi connectivity index (χ2v) is 19.2. The van der Waals surface area contributed by atoms with Gasteiger partial charge in [-0.1, -0.05) is 60.7 Å². The van der Waals surface area contributed by atoms with Gasteiger partial charge in [0.25, 0.3) is 0 Å². The van der Waals surface area contributed by atoms with Crippen molar-refractivity contribution in [2.24, 2.45) is 0 Å². The molecular weight excluding hydrogens is 897 g/mol. The lowest BCUT2D eigenvalue weighted by Gasteiger charge is -2.29. The highest BCUT2D eigenvalue weighted by Crippen LogP contribution is 2.51. The molecule has 2 aliphatic rings. The van der Waals surface area contributed by atoms with E-state index in [2.05, 4.69) is 0 Å². The Morgan fingerprint density at radius 3 is 0.797 bits per heavy atom. The summed E-state index contributed by atoms with van der Waals surface area (Å²) >= 11 is 0. The van der Waals surface area contributed by atoms with Crippen LogP contribution in [0.5, 0.6) is 0 Å². The Labute approximate surface area is 416 Å². The van der Waals surface area contributed by atoms with Gasteiger partial charge in [0.2, 0.25) is 48.3 Å². The lowest BCUT2D eigenvalue weighted by atomic mass is 9.76. The molecule has 2 aliphatic carbocycles. The van der Waals surface area contributed by atoms with Gasteiger partial charge in [-0.3, -0.25) is 19.2 Å². The van der Waals surface area contributed by atoms with E-state index in [0.29, 0.717) is 22.3 Å². The summed E-state index contributed by atoms with van der Waals surface area (Å²) in [6, 6.07) is 22.3. The molecule has 0 saturated heterocycles. The fraction of sp³-hybridized carbons (Fsp3) is 0.500. The van der Waals surface area contributed by atoms with Gasteiger partial charge < -0.3 is 37.9 Å². The van der Waals surface area contributed by atoms with E-state index in [9.17, 15) is 19.2 Å². The van der Waals surface area contributed by atoms with Gasteiger partial charge in [-0.2, -0.15) is 13.5 Å². The molecule has 69 heavy (non-hydrogen) atoms. The molecule has 0 spiro atoms. The number of hydrogen-bond acceptors (Lipinski definition) is 12. The summed E-state index contributed by atoms with van der Waals surface area (Å²) in [5.41, 5.74) is 9.28. The van der Waals surface area contributed by atoms with Crippen molar-refractivity contribution in [2.45, 2.75) is 185 Å². The Kier molecular flexibility index (Phi) is 20.8. The maximum atomic E-state index is 13.4. The standard InChI is InChI=1S/2C28H36O6.H2S/c2*1-15(2)31-27(32-16(3)4)25(29)19-12-13-20-21-10-9-11-22(24(21)23(20)14-19)26(30)28(33-17(5)6)34-18(7)8;/h2*9-18,27-28H,1-8H3;1H2. The first-order valence-electron chi connectivity index (χ1n) is 23.9. The third-order valence-electron chi connectivity index (χ3n) is 10.4. The first kappa shape index (κ1) is 57.2. The van der Waals surface area contributed by atoms with Gasteiger partial charge in [0.15, 0.2) is 0 Å². The number of fused-ring (bicyclic) bond motifs is 8. The van der Waals surface area contributed by atoms with Crippen LogP contribution in [0.2, 0.25) is 0 Å². The molecule has 0 radical (unpaired) electrons. The third-order valence-corrected chi connectivity index (χ3v) is 10.4. The summed E-state index contributed by atoms with van der Waals surface area (Å²) in [6.07, 6.45) is -5.30. The smallest absolute Gasteiger partial charge is 0.223 e. The van der Waals surface area contributed by atoms with Crippen LogP contribution in [0, 0.1) is 0 Å². The minimum Gasteiger partial charge on any atom is -0.343 e. The van der Waals surface area contributed by atoms with Crippen LogP contribution in [0.15, 0.2) is 72.8 Å². The van der Waals surface area contributed by atoms with Gasteiger partial charge in [-0.25, -0.2) is 0 Å². The lowest BCUT2D eigenvalue weighted by molar-refractivity contribution is -0.153. The van der Waals surface area contributed by atoms with Gasteiger partial charge in [0.05, 0.1) is 48.8 Å². The molecule has 0 saturated carbocycles. The van der Waals surface area contributed by atoms with Crippen LogP contribution >= 0.6 is 13.5 Å². The summed E-state index contributed by atoms with van der Waals surface area (Å²) in [6.45, 7) is 29.9. The predicted octanol–water partition coefficient (Wildman–Crippen LogP) is 12.2. The van der Waals surface area contributed by atoms with Crippen molar-refractivity contribution in [3.05, 3.63) is 95.1 Å². The quantitative estimate of drug-likeness (QED) is 0.0421. The number of ether oxygens (including phenoxy) is 8. The normalized spacial score (nSPS) is 12.5. The summed E-state index contributed by atoms with van der Waals surface area (Å²) in [7, 11) is 0. The molecule has 0 bridgehead atoms. The molecule has 0 heterocycles. The Hall–Kier alpha value is -4.41. The molecule has 0 fully saturated rings. The van der Waals surface area contributed by atoms with Crippen molar-refractivity contribution in [1.82, 2.24) is 0 Å². The molecule has 0 amide bonds. The largest absolute Gasteiger partial charge is 0.343 e. The summed E-state index contributed by atoms with van der Waals surface area (Å²) in [4.78, 5) is 53.3. The van der Waals surface area contributed by atoms with Crippen molar-refractivity contribution in [3.8, 4) is 44.5 Å². The molecule has 0 unspecified atom stereocenters. The molecule has 4 aromatic carbocycles.